The summed E-state index contributed by atoms with van der Waals surface area (Å²) in [5.41, 5.74) is 8.32. The van der Waals surface area contributed by atoms with E-state index in [0.717, 1.165) is 23.9 Å². The van der Waals surface area contributed by atoms with Gasteiger partial charge in [0.05, 0.1) is 5.69 Å². The molecule has 0 saturated heterocycles. The van der Waals surface area contributed by atoms with Gasteiger partial charge < -0.3 is 5.73 Å². The molecule has 1 aliphatic carbocycles. The first kappa shape index (κ1) is 8.48. The Morgan fingerprint density at radius 2 is 1.93 bits per heavy atom. The molecule has 15 heavy (non-hydrogen) atoms. The summed E-state index contributed by atoms with van der Waals surface area (Å²) in [5, 5.41) is 2.28. The Balaban J connectivity index is 2.46. The van der Waals surface area contributed by atoms with Gasteiger partial charge in [0.25, 0.3) is 0 Å². The number of anilines is 1. The maximum Gasteiger partial charge on any atom is 0.131 e. The summed E-state index contributed by atoms with van der Waals surface area (Å²) in [7, 11) is 0. The molecule has 2 nitrogen and oxygen atoms in total. The molecule has 1 aromatic carbocycles. The Morgan fingerprint density at radius 3 is 2.80 bits per heavy atom. The van der Waals surface area contributed by atoms with Crippen LogP contribution in [-0.2, 0) is 6.42 Å². The number of hydrogen-bond acceptors (Lipinski definition) is 2. The van der Waals surface area contributed by atoms with Gasteiger partial charge in [-0.25, -0.2) is 4.98 Å². The van der Waals surface area contributed by atoms with Gasteiger partial charge >= 0.3 is 0 Å². The predicted octanol–water partition coefficient (Wildman–Crippen LogP) is 2.78. The number of benzene rings is 1. The molecule has 0 unspecified atom stereocenters. The molecule has 0 saturated carbocycles. The fraction of sp³-hybridized carbons (Fsp3) is 0.154. The molecule has 1 aromatic heterocycles. The van der Waals surface area contributed by atoms with Gasteiger partial charge in [-0.05, 0) is 18.2 Å². The van der Waals surface area contributed by atoms with Crippen molar-refractivity contribution in [2.45, 2.75) is 12.8 Å². The zero-order valence-electron chi connectivity index (χ0n) is 8.40. The first-order valence-electron chi connectivity index (χ1n) is 5.20. The fourth-order valence-corrected chi connectivity index (χ4v) is 2.16. The lowest BCUT2D eigenvalue weighted by Crippen LogP contribution is -2.03. The number of nitrogens with zero attached hydrogens (tertiary/aromatic N) is 1. The summed E-state index contributed by atoms with van der Waals surface area (Å²) < 4.78 is 0. The zero-order valence-corrected chi connectivity index (χ0v) is 8.40. The van der Waals surface area contributed by atoms with E-state index in [2.05, 4.69) is 23.2 Å². The number of nitrogen functional groups attached to an aromatic ring is 1. The van der Waals surface area contributed by atoms with Crippen LogP contribution >= 0.6 is 0 Å². The van der Waals surface area contributed by atoms with Crippen molar-refractivity contribution < 1.29 is 0 Å². The van der Waals surface area contributed by atoms with E-state index in [9.17, 15) is 0 Å². The van der Waals surface area contributed by atoms with Crippen LogP contribution in [0, 0.1) is 0 Å². The van der Waals surface area contributed by atoms with Crippen molar-refractivity contribution >= 4 is 22.7 Å². The summed E-state index contributed by atoms with van der Waals surface area (Å²) >= 11 is 0. The highest BCUT2D eigenvalue weighted by Crippen LogP contribution is 2.29. The zero-order chi connectivity index (χ0) is 10.3. The van der Waals surface area contributed by atoms with Crippen LogP contribution in [0.25, 0.3) is 16.8 Å². The molecule has 0 amide bonds. The molecular weight excluding hydrogens is 184 g/mol. The molecule has 3 rings (SSSR count). The van der Waals surface area contributed by atoms with Gasteiger partial charge in [0.2, 0.25) is 0 Å². The molecule has 2 heteroatoms. The second-order valence-electron chi connectivity index (χ2n) is 3.84. The molecule has 2 aromatic rings. The number of allylic oxidation sites excluding steroid dienone is 1. The molecule has 74 valence electrons. The highest BCUT2D eigenvalue weighted by molar-refractivity contribution is 5.97. The molecule has 1 heterocycles. The Hall–Kier alpha value is -1.83. The summed E-state index contributed by atoms with van der Waals surface area (Å²) in [4.78, 5) is 4.47. The third-order valence-corrected chi connectivity index (χ3v) is 2.89. The van der Waals surface area contributed by atoms with Crippen molar-refractivity contribution in [2.24, 2.45) is 0 Å². The monoisotopic (exact) mass is 196 g/mol. The Kier molecular flexibility index (Phi) is 1.75. The van der Waals surface area contributed by atoms with Crippen LogP contribution in [0.1, 0.15) is 17.7 Å². The lowest BCUT2D eigenvalue weighted by Gasteiger charge is -2.13. The highest BCUT2D eigenvalue weighted by atomic mass is 14.8. The van der Waals surface area contributed by atoms with E-state index >= 15 is 0 Å². The van der Waals surface area contributed by atoms with Gasteiger partial charge in [-0.1, -0.05) is 36.4 Å². The van der Waals surface area contributed by atoms with Gasteiger partial charge in [0.1, 0.15) is 5.82 Å². The minimum atomic E-state index is 0.652. The first-order valence-corrected chi connectivity index (χ1v) is 5.20. The van der Waals surface area contributed by atoms with Gasteiger partial charge in [-0.2, -0.15) is 0 Å². The first-order chi connectivity index (χ1) is 7.36. The number of fused-ring (bicyclic) bond motifs is 3. The average Bonchev–Trinajstić information content (AvgIpc) is 2.30. The Bertz CT molecular complexity index is 556. The van der Waals surface area contributed by atoms with Crippen LogP contribution in [0.15, 0.2) is 30.3 Å². The number of aryl methyl sites for hydroxylation is 1. The van der Waals surface area contributed by atoms with Crippen LogP contribution in [0.4, 0.5) is 5.82 Å². The van der Waals surface area contributed by atoms with Crippen LogP contribution in [0.3, 0.4) is 0 Å². The average molecular weight is 196 g/mol. The summed E-state index contributed by atoms with van der Waals surface area (Å²) in [5.74, 6) is 0.652. The molecule has 0 fully saturated rings. The fourth-order valence-electron chi connectivity index (χ4n) is 2.16. The highest BCUT2D eigenvalue weighted by Gasteiger charge is 2.11. The van der Waals surface area contributed by atoms with Crippen molar-refractivity contribution in [3.63, 3.8) is 0 Å². The lowest BCUT2D eigenvalue weighted by molar-refractivity contribution is 0.936. The summed E-state index contributed by atoms with van der Waals surface area (Å²) in [6, 6.07) is 8.19. The van der Waals surface area contributed by atoms with E-state index in [1.165, 1.54) is 10.9 Å². The molecule has 0 radical (unpaired) electrons. The minimum Gasteiger partial charge on any atom is -0.383 e. The predicted molar refractivity (Wildman–Crippen MR) is 63.5 cm³/mol. The minimum absolute atomic E-state index is 0.652. The molecule has 1 aliphatic rings. The molecule has 0 bridgehead atoms. The second kappa shape index (κ2) is 3.09. The second-order valence-corrected chi connectivity index (χ2v) is 3.84. The summed E-state index contributed by atoms with van der Waals surface area (Å²) in [6.07, 6.45) is 6.43. The van der Waals surface area contributed by atoms with E-state index in [1.807, 2.05) is 18.2 Å². The van der Waals surface area contributed by atoms with E-state index in [-0.39, 0.29) is 0 Å². The van der Waals surface area contributed by atoms with E-state index in [4.69, 9.17) is 5.73 Å². The normalized spacial score (nSPS) is 14.1. The smallest absolute Gasteiger partial charge is 0.131 e. The van der Waals surface area contributed by atoms with Crippen LogP contribution < -0.4 is 5.73 Å². The number of rotatable bonds is 0. The Morgan fingerprint density at radius 1 is 1.13 bits per heavy atom. The van der Waals surface area contributed by atoms with Crippen molar-refractivity contribution in [1.29, 1.82) is 0 Å². The molecule has 0 spiro atoms. The molecule has 2 N–H and O–H groups in total. The molecule has 0 aliphatic heterocycles. The van der Waals surface area contributed by atoms with Crippen molar-refractivity contribution in [1.82, 2.24) is 4.98 Å². The maximum atomic E-state index is 5.95. The van der Waals surface area contributed by atoms with E-state index in [1.54, 1.807) is 0 Å². The maximum absolute atomic E-state index is 5.95. The largest absolute Gasteiger partial charge is 0.383 e. The standard InChI is InChI=1S/C13H12N2/c14-13-11-7-2-1-5-9(11)10-6-3-4-8-12(10)15-13/h1-3,5-7H,4,8H2,(H2,14,15). The number of aromatic nitrogens is 1. The number of hydrogen-bond donors (Lipinski definition) is 1. The number of nitrogens with two attached hydrogens (primary N) is 1. The number of pyridine rings is 1. The molecular formula is C13H12N2. The van der Waals surface area contributed by atoms with Crippen LogP contribution in [0.2, 0.25) is 0 Å². The quantitative estimate of drug-likeness (QED) is 0.703. The third kappa shape index (κ3) is 1.22. The van der Waals surface area contributed by atoms with Gasteiger partial charge in [0, 0.05) is 10.9 Å². The van der Waals surface area contributed by atoms with Gasteiger partial charge in [0.15, 0.2) is 0 Å². The lowest BCUT2D eigenvalue weighted by atomic mass is 9.97. The van der Waals surface area contributed by atoms with E-state index in [0.29, 0.717) is 5.82 Å². The topological polar surface area (TPSA) is 38.9 Å². The van der Waals surface area contributed by atoms with Crippen molar-refractivity contribution in [2.75, 3.05) is 5.73 Å². The Labute approximate surface area is 88.4 Å². The van der Waals surface area contributed by atoms with Gasteiger partial charge in [-0.15, -0.1) is 0 Å². The van der Waals surface area contributed by atoms with Crippen molar-refractivity contribution in [3.8, 4) is 0 Å². The summed E-state index contributed by atoms with van der Waals surface area (Å²) in [6.45, 7) is 0. The van der Waals surface area contributed by atoms with Crippen molar-refractivity contribution in [3.05, 3.63) is 41.6 Å². The van der Waals surface area contributed by atoms with Gasteiger partial charge in [-0.3, -0.25) is 0 Å². The van der Waals surface area contributed by atoms with Crippen LogP contribution in [-0.4, -0.2) is 4.98 Å². The van der Waals surface area contributed by atoms with E-state index < -0.39 is 0 Å². The third-order valence-electron chi connectivity index (χ3n) is 2.89. The molecule has 0 atom stereocenters. The SMILES string of the molecule is Nc1nc2c(c3ccccc13)C=CCC2. The van der Waals surface area contributed by atoms with Crippen LogP contribution in [0.5, 0.6) is 0 Å².